The van der Waals surface area contributed by atoms with Crippen molar-refractivity contribution >= 4 is 6.03 Å². The lowest BCUT2D eigenvalue weighted by atomic mass is 9.97. The third kappa shape index (κ3) is 4.19. The van der Waals surface area contributed by atoms with Gasteiger partial charge in [-0.1, -0.05) is 37.3 Å². The minimum absolute atomic E-state index is 0.0199. The number of aromatic nitrogens is 3. The van der Waals surface area contributed by atoms with Gasteiger partial charge in [-0.15, -0.1) is 10.2 Å². The van der Waals surface area contributed by atoms with Crippen molar-refractivity contribution in [3.63, 3.8) is 0 Å². The first-order chi connectivity index (χ1) is 13.7. The van der Waals surface area contributed by atoms with Gasteiger partial charge < -0.3 is 19.7 Å². The van der Waals surface area contributed by atoms with Crippen LogP contribution >= 0.6 is 0 Å². The summed E-state index contributed by atoms with van der Waals surface area (Å²) < 4.78 is 2.13. The van der Waals surface area contributed by atoms with Gasteiger partial charge >= 0.3 is 6.03 Å². The Balaban J connectivity index is 1.29. The maximum Gasteiger partial charge on any atom is 0.317 e. The highest BCUT2D eigenvalue weighted by Gasteiger charge is 2.26. The lowest BCUT2D eigenvalue weighted by Crippen LogP contribution is -2.46. The van der Waals surface area contributed by atoms with Gasteiger partial charge in [0.1, 0.15) is 0 Å². The quantitative estimate of drug-likeness (QED) is 0.863. The minimum atomic E-state index is 0.0199. The van der Waals surface area contributed by atoms with E-state index in [4.69, 9.17) is 0 Å². The summed E-state index contributed by atoms with van der Waals surface area (Å²) in [5, 5.41) is 11.8. The monoisotopic (exact) mass is 382 g/mol. The maximum absolute atomic E-state index is 12.6. The Kier molecular flexibility index (Phi) is 5.90. The lowest BCUT2D eigenvalue weighted by molar-refractivity contribution is 0.166. The average Bonchev–Trinajstić information content (AvgIpc) is 3.17. The first-order valence-electron chi connectivity index (χ1n) is 10.5. The largest absolute Gasteiger partial charge is 0.338 e. The standard InChI is InChI=1S/C21H30N6O/c1-2-10-25-11-8-17(9-12-25)15-22-21(28)26-13-14-27-19(16-26)23-24-20(27)18-6-4-3-5-7-18/h3-7,17H,2,8-16H2,1H3,(H,22,28). The summed E-state index contributed by atoms with van der Waals surface area (Å²) in [6, 6.07) is 10.1. The molecule has 0 atom stereocenters. The molecule has 0 unspecified atom stereocenters. The predicted molar refractivity (Wildman–Crippen MR) is 109 cm³/mol. The lowest BCUT2D eigenvalue weighted by Gasteiger charge is -2.33. The van der Waals surface area contributed by atoms with Crippen molar-refractivity contribution in [1.82, 2.24) is 29.9 Å². The summed E-state index contributed by atoms with van der Waals surface area (Å²) >= 11 is 0. The number of nitrogens with zero attached hydrogens (tertiary/aromatic N) is 5. The van der Waals surface area contributed by atoms with Gasteiger partial charge in [-0.25, -0.2) is 4.79 Å². The number of fused-ring (bicyclic) bond motifs is 1. The number of piperidine rings is 1. The van der Waals surface area contributed by atoms with E-state index in [1.165, 1.54) is 25.8 Å². The molecule has 1 fully saturated rings. The Morgan fingerprint density at radius 2 is 1.89 bits per heavy atom. The van der Waals surface area contributed by atoms with Crippen LogP contribution in [0.15, 0.2) is 30.3 Å². The highest BCUT2D eigenvalue weighted by molar-refractivity contribution is 5.74. The van der Waals surface area contributed by atoms with E-state index in [1.54, 1.807) is 0 Å². The molecule has 4 rings (SSSR count). The Morgan fingerprint density at radius 3 is 2.64 bits per heavy atom. The van der Waals surface area contributed by atoms with E-state index in [1.807, 2.05) is 35.2 Å². The highest BCUT2D eigenvalue weighted by Crippen LogP contribution is 2.22. The summed E-state index contributed by atoms with van der Waals surface area (Å²) in [6.45, 7) is 8.44. The number of hydrogen-bond donors (Lipinski definition) is 1. The van der Waals surface area contributed by atoms with E-state index in [-0.39, 0.29) is 6.03 Å². The second kappa shape index (κ2) is 8.73. The van der Waals surface area contributed by atoms with E-state index < -0.39 is 0 Å². The van der Waals surface area contributed by atoms with Crippen LogP contribution in [0.3, 0.4) is 0 Å². The smallest absolute Gasteiger partial charge is 0.317 e. The van der Waals surface area contributed by atoms with Gasteiger partial charge in [0.25, 0.3) is 0 Å². The van der Waals surface area contributed by atoms with Crippen LogP contribution in [0.5, 0.6) is 0 Å². The second-order valence-electron chi connectivity index (χ2n) is 7.85. The molecule has 3 heterocycles. The van der Waals surface area contributed by atoms with Gasteiger partial charge in [0.05, 0.1) is 6.54 Å². The summed E-state index contributed by atoms with van der Waals surface area (Å²) in [7, 11) is 0. The number of carbonyl (C=O) groups is 1. The molecule has 0 saturated carbocycles. The van der Waals surface area contributed by atoms with Crippen molar-refractivity contribution in [3.05, 3.63) is 36.2 Å². The van der Waals surface area contributed by atoms with Crippen LogP contribution < -0.4 is 5.32 Å². The third-order valence-electron chi connectivity index (χ3n) is 5.86. The molecule has 0 spiro atoms. The molecule has 1 N–H and O–H groups in total. The highest BCUT2D eigenvalue weighted by atomic mass is 16.2. The molecule has 2 aliphatic rings. The van der Waals surface area contributed by atoms with Crippen molar-refractivity contribution in [2.24, 2.45) is 5.92 Å². The fourth-order valence-electron chi connectivity index (χ4n) is 4.21. The van der Waals surface area contributed by atoms with E-state index in [2.05, 4.69) is 31.9 Å². The number of carbonyl (C=O) groups excluding carboxylic acids is 1. The van der Waals surface area contributed by atoms with Crippen molar-refractivity contribution in [2.45, 2.75) is 39.3 Å². The molecule has 0 radical (unpaired) electrons. The summed E-state index contributed by atoms with van der Waals surface area (Å²) in [5.74, 6) is 2.33. The number of hydrogen-bond acceptors (Lipinski definition) is 4. The first kappa shape index (κ1) is 18.9. The number of amides is 2. The van der Waals surface area contributed by atoms with Gasteiger partial charge in [0.2, 0.25) is 0 Å². The molecule has 2 aliphatic heterocycles. The summed E-state index contributed by atoms with van der Waals surface area (Å²) in [6.07, 6.45) is 3.57. The fraction of sp³-hybridized carbons (Fsp3) is 0.571. The van der Waals surface area contributed by atoms with Gasteiger partial charge in [0.15, 0.2) is 11.6 Å². The molecule has 1 aromatic carbocycles. The van der Waals surface area contributed by atoms with Crippen molar-refractivity contribution in [1.29, 1.82) is 0 Å². The summed E-state index contributed by atoms with van der Waals surface area (Å²) in [4.78, 5) is 17.0. The average molecular weight is 383 g/mol. The van der Waals surface area contributed by atoms with E-state index >= 15 is 0 Å². The van der Waals surface area contributed by atoms with Crippen LogP contribution in [0.2, 0.25) is 0 Å². The molecule has 7 nitrogen and oxygen atoms in total. The number of nitrogens with one attached hydrogen (secondary N) is 1. The zero-order valence-corrected chi connectivity index (χ0v) is 16.7. The Morgan fingerprint density at radius 1 is 1.11 bits per heavy atom. The SMILES string of the molecule is CCCN1CCC(CNC(=O)N2CCn3c(nnc3-c3ccccc3)C2)CC1. The number of likely N-dealkylation sites (tertiary alicyclic amines) is 1. The molecular formula is C21H30N6O. The van der Waals surface area contributed by atoms with Gasteiger partial charge in [-0.2, -0.15) is 0 Å². The molecule has 150 valence electrons. The molecule has 7 heteroatoms. The van der Waals surface area contributed by atoms with Crippen LogP contribution in [0.1, 0.15) is 32.0 Å². The third-order valence-corrected chi connectivity index (χ3v) is 5.86. The Bertz CT molecular complexity index is 781. The van der Waals surface area contributed by atoms with E-state index in [0.29, 0.717) is 19.0 Å². The minimum Gasteiger partial charge on any atom is -0.338 e. The van der Waals surface area contributed by atoms with Gasteiger partial charge in [0, 0.05) is 25.2 Å². The molecule has 2 amide bonds. The van der Waals surface area contributed by atoms with Gasteiger partial charge in [-0.05, 0) is 44.8 Å². The number of benzene rings is 1. The van der Waals surface area contributed by atoms with Crippen molar-refractivity contribution in [3.8, 4) is 11.4 Å². The zero-order valence-electron chi connectivity index (χ0n) is 16.7. The molecule has 0 bridgehead atoms. The second-order valence-corrected chi connectivity index (χ2v) is 7.85. The van der Waals surface area contributed by atoms with Crippen LogP contribution in [-0.2, 0) is 13.1 Å². The van der Waals surface area contributed by atoms with Gasteiger partial charge in [-0.3, -0.25) is 0 Å². The predicted octanol–water partition coefficient (Wildman–Crippen LogP) is 2.59. The molecule has 28 heavy (non-hydrogen) atoms. The number of rotatable bonds is 5. The topological polar surface area (TPSA) is 66.3 Å². The Labute approximate surface area is 166 Å². The zero-order chi connectivity index (χ0) is 19.3. The van der Waals surface area contributed by atoms with E-state index in [9.17, 15) is 4.79 Å². The van der Waals surface area contributed by atoms with Crippen LogP contribution in [0, 0.1) is 5.92 Å². The Hall–Kier alpha value is -2.41. The molecule has 1 saturated heterocycles. The molecule has 1 aromatic heterocycles. The van der Waals surface area contributed by atoms with Crippen LogP contribution in [-0.4, -0.2) is 63.3 Å². The maximum atomic E-state index is 12.6. The normalized spacial score (nSPS) is 18.1. The first-order valence-corrected chi connectivity index (χ1v) is 10.5. The van der Waals surface area contributed by atoms with Crippen LogP contribution in [0.25, 0.3) is 11.4 Å². The summed E-state index contributed by atoms with van der Waals surface area (Å²) in [5.41, 5.74) is 1.06. The van der Waals surface area contributed by atoms with Crippen molar-refractivity contribution < 1.29 is 4.79 Å². The molecule has 0 aliphatic carbocycles. The fourth-order valence-corrected chi connectivity index (χ4v) is 4.21. The molecule has 2 aromatic rings. The van der Waals surface area contributed by atoms with Crippen LogP contribution in [0.4, 0.5) is 4.79 Å². The number of urea groups is 1. The van der Waals surface area contributed by atoms with Crippen molar-refractivity contribution in [2.75, 3.05) is 32.7 Å². The van der Waals surface area contributed by atoms with E-state index in [0.717, 1.165) is 43.4 Å². The molecular weight excluding hydrogens is 352 g/mol.